The van der Waals surface area contributed by atoms with E-state index in [2.05, 4.69) is 19.1 Å². The van der Waals surface area contributed by atoms with Gasteiger partial charge in [0.25, 0.3) is 0 Å². The summed E-state index contributed by atoms with van der Waals surface area (Å²) < 4.78 is 0. The molecule has 0 bridgehead atoms. The number of nitrogens with two attached hydrogens (primary N) is 1. The summed E-state index contributed by atoms with van der Waals surface area (Å²) in [5.74, 6) is 0. The van der Waals surface area contributed by atoms with Crippen molar-refractivity contribution in [2.24, 2.45) is 11.1 Å². The lowest BCUT2D eigenvalue weighted by Gasteiger charge is -2.28. The Bertz CT molecular complexity index is 122. The molecule has 10 heavy (non-hydrogen) atoms. The molecule has 1 aliphatic carbocycles. The number of allylic oxidation sites excluding steroid dienone is 2. The first kappa shape index (κ1) is 9.99. The summed E-state index contributed by atoms with van der Waals surface area (Å²) in [6.07, 6.45) is 8.14. The molecule has 0 saturated carbocycles. The third kappa shape index (κ3) is 2.31. The fourth-order valence-corrected chi connectivity index (χ4v) is 1.20. The van der Waals surface area contributed by atoms with Gasteiger partial charge >= 0.3 is 0 Å². The van der Waals surface area contributed by atoms with Crippen LogP contribution >= 0.6 is 12.4 Å². The Morgan fingerprint density at radius 3 is 2.50 bits per heavy atom. The molecule has 1 atom stereocenters. The minimum absolute atomic E-state index is 0. The van der Waals surface area contributed by atoms with E-state index in [1.807, 2.05) is 0 Å². The van der Waals surface area contributed by atoms with Gasteiger partial charge in [-0.3, -0.25) is 0 Å². The van der Waals surface area contributed by atoms with Crippen LogP contribution in [0.1, 0.15) is 26.2 Å². The van der Waals surface area contributed by atoms with Crippen molar-refractivity contribution in [1.29, 1.82) is 0 Å². The molecule has 0 radical (unpaired) electrons. The number of halogens is 1. The Labute approximate surface area is 69.1 Å². The van der Waals surface area contributed by atoms with Crippen LogP contribution in [0.2, 0.25) is 0 Å². The van der Waals surface area contributed by atoms with E-state index in [0.717, 1.165) is 6.54 Å². The summed E-state index contributed by atoms with van der Waals surface area (Å²) in [6, 6.07) is 0. The van der Waals surface area contributed by atoms with Crippen LogP contribution in [-0.4, -0.2) is 6.54 Å². The Hall–Kier alpha value is -0.0100. The van der Waals surface area contributed by atoms with Gasteiger partial charge in [-0.05, 0) is 31.2 Å². The van der Waals surface area contributed by atoms with Crippen LogP contribution in [0.15, 0.2) is 12.2 Å². The standard InChI is InChI=1S/C8H15N.ClH/c1-8(7-9)5-3-2-4-6-8;/h2-3H,4-7,9H2,1H3;1H. The number of rotatable bonds is 1. The smallest absolute Gasteiger partial charge is 0.00201 e. The predicted octanol–water partition coefficient (Wildman–Crippen LogP) is 2.11. The maximum atomic E-state index is 5.60. The molecule has 0 aromatic rings. The number of hydrogen-bond donors (Lipinski definition) is 1. The molecular formula is C8H16ClN. The van der Waals surface area contributed by atoms with Crippen molar-refractivity contribution in [3.05, 3.63) is 12.2 Å². The normalized spacial score (nSPS) is 31.4. The fourth-order valence-electron chi connectivity index (χ4n) is 1.20. The summed E-state index contributed by atoms with van der Waals surface area (Å²) in [6.45, 7) is 3.09. The summed E-state index contributed by atoms with van der Waals surface area (Å²) >= 11 is 0. The van der Waals surface area contributed by atoms with Crippen LogP contribution < -0.4 is 5.73 Å². The van der Waals surface area contributed by atoms with Crippen molar-refractivity contribution in [3.63, 3.8) is 0 Å². The Morgan fingerprint density at radius 2 is 2.20 bits per heavy atom. The lowest BCUT2D eigenvalue weighted by molar-refractivity contribution is 0.304. The van der Waals surface area contributed by atoms with E-state index in [1.165, 1.54) is 19.3 Å². The van der Waals surface area contributed by atoms with Gasteiger partial charge in [-0.2, -0.15) is 0 Å². The van der Waals surface area contributed by atoms with Gasteiger partial charge in [0.1, 0.15) is 0 Å². The van der Waals surface area contributed by atoms with Crippen LogP contribution in [0.3, 0.4) is 0 Å². The highest BCUT2D eigenvalue weighted by molar-refractivity contribution is 5.85. The van der Waals surface area contributed by atoms with Gasteiger partial charge < -0.3 is 5.73 Å². The largest absolute Gasteiger partial charge is 0.330 e. The highest BCUT2D eigenvalue weighted by atomic mass is 35.5. The lowest BCUT2D eigenvalue weighted by atomic mass is 9.79. The van der Waals surface area contributed by atoms with Crippen molar-refractivity contribution < 1.29 is 0 Å². The average molecular weight is 162 g/mol. The van der Waals surface area contributed by atoms with E-state index >= 15 is 0 Å². The van der Waals surface area contributed by atoms with Gasteiger partial charge in [-0.15, -0.1) is 12.4 Å². The molecule has 1 rings (SSSR count). The van der Waals surface area contributed by atoms with Crippen LogP contribution in [0.4, 0.5) is 0 Å². The molecule has 1 aliphatic rings. The van der Waals surface area contributed by atoms with Gasteiger partial charge in [0.05, 0.1) is 0 Å². The minimum atomic E-state index is 0. The molecule has 2 heteroatoms. The predicted molar refractivity (Wildman–Crippen MR) is 47.4 cm³/mol. The molecule has 0 aromatic carbocycles. The average Bonchev–Trinajstić information content (AvgIpc) is 1.90. The van der Waals surface area contributed by atoms with Gasteiger partial charge in [0.2, 0.25) is 0 Å². The molecule has 0 fully saturated rings. The van der Waals surface area contributed by atoms with Crippen LogP contribution in [-0.2, 0) is 0 Å². The Balaban J connectivity index is 0.000000810. The van der Waals surface area contributed by atoms with E-state index < -0.39 is 0 Å². The van der Waals surface area contributed by atoms with Gasteiger partial charge in [-0.25, -0.2) is 0 Å². The van der Waals surface area contributed by atoms with Crippen molar-refractivity contribution in [1.82, 2.24) is 0 Å². The van der Waals surface area contributed by atoms with Gasteiger partial charge in [-0.1, -0.05) is 19.1 Å². The van der Waals surface area contributed by atoms with E-state index in [9.17, 15) is 0 Å². The molecule has 0 amide bonds. The van der Waals surface area contributed by atoms with Crippen molar-refractivity contribution in [2.75, 3.05) is 6.54 Å². The molecule has 0 aliphatic heterocycles. The summed E-state index contributed by atoms with van der Waals surface area (Å²) in [5, 5.41) is 0. The first-order chi connectivity index (χ1) is 4.27. The minimum Gasteiger partial charge on any atom is -0.330 e. The summed E-state index contributed by atoms with van der Waals surface area (Å²) in [5.41, 5.74) is 6.02. The quantitative estimate of drug-likeness (QED) is 0.586. The molecule has 0 heterocycles. The van der Waals surface area contributed by atoms with Crippen LogP contribution in [0.5, 0.6) is 0 Å². The molecule has 0 spiro atoms. The second kappa shape index (κ2) is 3.99. The second-order valence-corrected chi connectivity index (χ2v) is 3.23. The second-order valence-electron chi connectivity index (χ2n) is 3.23. The zero-order valence-corrected chi connectivity index (χ0v) is 7.29. The van der Waals surface area contributed by atoms with E-state index in [1.54, 1.807) is 0 Å². The van der Waals surface area contributed by atoms with Gasteiger partial charge in [0, 0.05) is 0 Å². The molecule has 0 aromatic heterocycles. The Morgan fingerprint density at radius 1 is 1.50 bits per heavy atom. The van der Waals surface area contributed by atoms with Crippen molar-refractivity contribution in [3.8, 4) is 0 Å². The van der Waals surface area contributed by atoms with Crippen LogP contribution in [0, 0.1) is 5.41 Å². The first-order valence-electron chi connectivity index (χ1n) is 3.62. The third-order valence-corrected chi connectivity index (χ3v) is 2.18. The summed E-state index contributed by atoms with van der Waals surface area (Å²) in [4.78, 5) is 0. The molecular weight excluding hydrogens is 146 g/mol. The monoisotopic (exact) mass is 161 g/mol. The number of hydrogen-bond acceptors (Lipinski definition) is 1. The van der Waals surface area contributed by atoms with Crippen molar-refractivity contribution in [2.45, 2.75) is 26.2 Å². The topological polar surface area (TPSA) is 26.0 Å². The van der Waals surface area contributed by atoms with Gasteiger partial charge in [0.15, 0.2) is 0 Å². The Kier molecular flexibility index (Phi) is 3.99. The van der Waals surface area contributed by atoms with E-state index in [4.69, 9.17) is 5.73 Å². The highest BCUT2D eigenvalue weighted by Gasteiger charge is 2.21. The van der Waals surface area contributed by atoms with E-state index in [0.29, 0.717) is 5.41 Å². The highest BCUT2D eigenvalue weighted by Crippen LogP contribution is 2.30. The van der Waals surface area contributed by atoms with Crippen molar-refractivity contribution >= 4 is 12.4 Å². The lowest BCUT2D eigenvalue weighted by Crippen LogP contribution is -2.27. The first-order valence-corrected chi connectivity index (χ1v) is 3.62. The fraction of sp³-hybridized carbons (Fsp3) is 0.750. The molecule has 0 saturated heterocycles. The maximum absolute atomic E-state index is 5.60. The SMILES string of the molecule is CC1(CN)CC=CCC1.Cl. The maximum Gasteiger partial charge on any atom is -0.00201 e. The van der Waals surface area contributed by atoms with E-state index in [-0.39, 0.29) is 12.4 Å². The molecule has 60 valence electrons. The molecule has 2 N–H and O–H groups in total. The zero-order chi connectivity index (χ0) is 6.74. The van der Waals surface area contributed by atoms with Crippen LogP contribution in [0.25, 0.3) is 0 Å². The zero-order valence-electron chi connectivity index (χ0n) is 6.47. The summed E-state index contributed by atoms with van der Waals surface area (Å²) in [7, 11) is 0. The third-order valence-electron chi connectivity index (χ3n) is 2.18. The molecule has 1 unspecified atom stereocenters. The molecule has 1 nitrogen and oxygen atoms in total.